The van der Waals surface area contributed by atoms with Crippen molar-refractivity contribution in [3.05, 3.63) is 54.6 Å². The van der Waals surface area contributed by atoms with E-state index in [4.69, 9.17) is 4.74 Å². The standard InChI is InChI=1S/C21H25N3O5S/c1-29-19-12-6-5-11-18(19)23-20(25)14-22-21(26)16-8-7-13-24(15-16)30(27,28)17-9-3-2-4-10-17/h2-6,9-12,16H,7-8,13-15H2,1H3,(H,22,26)(H,23,25). The maximum Gasteiger partial charge on any atom is 0.243 e. The average molecular weight is 432 g/mol. The van der Waals surface area contributed by atoms with E-state index in [1.807, 2.05) is 0 Å². The number of hydrogen-bond donors (Lipinski definition) is 2. The van der Waals surface area contributed by atoms with Crippen molar-refractivity contribution in [1.82, 2.24) is 9.62 Å². The molecule has 0 radical (unpaired) electrons. The van der Waals surface area contributed by atoms with Crippen LogP contribution in [0.5, 0.6) is 5.75 Å². The molecular formula is C21H25N3O5S. The number of nitrogens with zero attached hydrogens (tertiary/aromatic N) is 1. The Morgan fingerprint density at radius 1 is 1.10 bits per heavy atom. The van der Waals surface area contributed by atoms with Crippen LogP contribution in [0.2, 0.25) is 0 Å². The molecule has 8 nitrogen and oxygen atoms in total. The van der Waals surface area contributed by atoms with Gasteiger partial charge in [0.15, 0.2) is 0 Å². The van der Waals surface area contributed by atoms with E-state index in [1.165, 1.54) is 11.4 Å². The minimum Gasteiger partial charge on any atom is -0.495 e. The van der Waals surface area contributed by atoms with Crippen molar-refractivity contribution >= 4 is 27.5 Å². The van der Waals surface area contributed by atoms with Gasteiger partial charge in [-0.1, -0.05) is 30.3 Å². The van der Waals surface area contributed by atoms with E-state index in [-0.39, 0.29) is 23.9 Å². The number of carbonyl (C=O) groups is 2. The predicted octanol–water partition coefficient (Wildman–Crippen LogP) is 1.85. The SMILES string of the molecule is COc1ccccc1NC(=O)CNC(=O)C1CCCN(S(=O)(=O)c2ccccc2)C1. The Kier molecular flexibility index (Phi) is 7.07. The maximum absolute atomic E-state index is 12.8. The summed E-state index contributed by atoms with van der Waals surface area (Å²) in [4.78, 5) is 24.9. The third-order valence-electron chi connectivity index (χ3n) is 4.94. The third kappa shape index (κ3) is 5.17. The molecule has 1 unspecified atom stereocenters. The lowest BCUT2D eigenvalue weighted by atomic mass is 9.99. The summed E-state index contributed by atoms with van der Waals surface area (Å²) >= 11 is 0. The predicted molar refractivity (Wildman–Crippen MR) is 113 cm³/mol. The van der Waals surface area contributed by atoms with Gasteiger partial charge in [0.1, 0.15) is 5.75 Å². The van der Waals surface area contributed by atoms with E-state index in [2.05, 4.69) is 10.6 Å². The number of para-hydroxylation sites is 2. The molecule has 160 valence electrons. The van der Waals surface area contributed by atoms with Crippen LogP contribution < -0.4 is 15.4 Å². The molecule has 2 amide bonds. The van der Waals surface area contributed by atoms with Crippen LogP contribution in [0.25, 0.3) is 0 Å². The summed E-state index contributed by atoms with van der Waals surface area (Å²) in [5.41, 5.74) is 0.511. The van der Waals surface area contributed by atoms with Crippen molar-refractivity contribution in [3.8, 4) is 5.75 Å². The first-order valence-electron chi connectivity index (χ1n) is 9.67. The van der Waals surface area contributed by atoms with E-state index in [0.29, 0.717) is 30.8 Å². The van der Waals surface area contributed by atoms with Crippen LogP contribution in [0.1, 0.15) is 12.8 Å². The van der Waals surface area contributed by atoms with Gasteiger partial charge in [-0.15, -0.1) is 0 Å². The molecule has 2 aromatic carbocycles. The van der Waals surface area contributed by atoms with Gasteiger partial charge in [-0.05, 0) is 37.1 Å². The fraction of sp³-hybridized carbons (Fsp3) is 0.333. The van der Waals surface area contributed by atoms with Crippen molar-refractivity contribution in [2.75, 3.05) is 32.1 Å². The first-order valence-corrected chi connectivity index (χ1v) is 11.1. The first-order chi connectivity index (χ1) is 14.4. The molecule has 0 aliphatic carbocycles. The largest absolute Gasteiger partial charge is 0.495 e. The number of anilines is 1. The number of nitrogens with one attached hydrogen (secondary N) is 2. The number of ether oxygens (including phenoxy) is 1. The normalized spacial score (nSPS) is 17.2. The van der Waals surface area contributed by atoms with Crippen molar-refractivity contribution in [2.45, 2.75) is 17.7 Å². The van der Waals surface area contributed by atoms with Crippen LogP contribution >= 0.6 is 0 Å². The number of amides is 2. The van der Waals surface area contributed by atoms with E-state index in [0.717, 1.165) is 0 Å². The summed E-state index contributed by atoms with van der Waals surface area (Å²) in [5.74, 6) is -0.710. The Hall–Kier alpha value is -2.91. The Morgan fingerprint density at radius 3 is 2.53 bits per heavy atom. The van der Waals surface area contributed by atoms with Crippen molar-refractivity contribution < 1.29 is 22.7 Å². The van der Waals surface area contributed by atoms with Crippen LogP contribution in [-0.2, 0) is 19.6 Å². The molecule has 0 bridgehead atoms. The quantitative estimate of drug-likeness (QED) is 0.696. The van der Waals surface area contributed by atoms with Gasteiger partial charge in [0, 0.05) is 13.1 Å². The highest BCUT2D eigenvalue weighted by molar-refractivity contribution is 7.89. The van der Waals surface area contributed by atoms with Gasteiger partial charge >= 0.3 is 0 Å². The number of benzene rings is 2. The lowest BCUT2D eigenvalue weighted by Gasteiger charge is -2.31. The van der Waals surface area contributed by atoms with Crippen LogP contribution in [-0.4, -0.2) is 51.3 Å². The second-order valence-electron chi connectivity index (χ2n) is 6.98. The van der Waals surface area contributed by atoms with Gasteiger partial charge in [-0.25, -0.2) is 8.42 Å². The van der Waals surface area contributed by atoms with E-state index < -0.39 is 21.8 Å². The lowest BCUT2D eigenvalue weighted by Crippen LogP contribution is -2.46. The maximum atomic E-state index is 12.8. The molecule has 1 aliphatic heterocycles. The van der Waals surface area contributed by atoms with E-state index in [1.54, 1.807) is 54.6 Å². The number of sulfonamides is 1. The van der Waals surface area contributed by atoms with E-state index >= 15 is 0 Å². The molecule has 1 atom stereocenters. The number of methoxy groups -OCH3 is 1. The fourth-order valence-corrected chi connectivity index (χ4v) is 4.92. The zero-order chi connectivity index (χ0) is 21.6. The number of piperidine rings is 1. The highest BCUT2D eigenvalue weighted by atomic mass is 32.2. The summed E-state index contributed by atoms with van der Waals surface area (Å²) in [7, 11) is -2.14. The highest BCUT2D eigenvalue weighted by Gasteiger charge is 2.33. The Morgan fingerprint density at radius 2 is 1.80 bits per heavy atom. The van der Waals surface area contributed by atoms with Gasteiger partial charge in [0.05, 0.1) is 30.2 Å². The fourth-order valence-electron chi connectivity index (χ4n) is 3.37. The molecule has 0 aromatic heterocycles. The Labute approximate surface area is 176 Å². The summed E-state index contributed by atoms with van der Waals surface area (Å²) in [5, 5.41) is 5.30. The summed E-state index contributed by atoms with van der Waals surface area (Å²) in [6.07, 6.45) is 1.15. The number of rotatable bonds is 7. The van der Waals surface area contributed by atoms with Gasteiger partial charge < -0.3 is 15.4 Å². The van der Waals surface area contributed by atoms with Crippen LogP contribution in [0.3, 0.4) is 0 Å². The smallest absolute Gasteiger partial charge is 0.243 e. The molecular weight excluding hydrogens is 406 g/mol. The molecule has 9 heteroatoms. The van der Waals surface area contributed by atoms with Gasteiger partial charge in [0.2, 0.25) is 21.8 Å². The third-order valence-corrected chi connectivity index (χ3v) is 6.82. The summed E-state index contributed by atoms with van der Waals surface area (Å²) in [6.45, 7) is 0.255. The second-order valence-corrected chi connectivity index (χ2v) is 8.92. The molecule has 0 saturated carbocycles. The average Bonchev–Trinajstić information content (AvgIpc) is 2.78. The molecule has 2 aromatic rings. The number of carbonyl (C=O) groups excluding carboxylic acids is 2. The van der Waals surface area contributed by atoms with Gasteiger partial charge in [0.25, 0.3) is 0 Å². The Balaban J connectivity index is 1.56. The Bertz CT molecular complexity index is 995. The van der Waals surface area contributed by atoms with Gasteiger partial charge in [-0.3, -0.25) is 9.59 Å². The van der Waals surface area contributed by atoms with Crippen LogP contribution in [0.4, 0.5) is 5.69 Å². The highest BCUT2D eigenvalue weighted by Crippen LogP contribution is 2.24. The monoisotopic (exact) mass is 431 g/mol. The minimum atomic E-state index is -3.65. The van der Waals surface area contributed by atoms with Crippen molar-refractivity contribution in [2.24, 2.45) is 5.92 Å². The minimum absolute atomic E-state index is 0.0944. The molecule has 30 heavy (non-hydrogen) atoms. The molecule has 1 fully saturated rings. The zero-order valence-corrected chi connectivity index (χ0v) is 17.5. The molecule has 2 N–H and O–H groups in total. The van der Waals surface area contributed by atoms with Crippen molar-refractivity contribution in [3.63, 3.8) is 0 Å². The topological polar surface area (TPSA) is 105 Å². The number of hydrogen-bond acceptors (Lipinski definition) is 5. The summed E-state index contributed by atoms with van der Waals surface area (Å²) in [6, 6.07) is 15.1. The van der Waals surface area contributed by atoms with Crippen LogP contribution in [0, 0.1) is 5.92 Å². The molecule has 1 aliphatic rings. The first kappa shape index (κ1) is 21.8. The zero-order valence-electron chi connectivity index (χ0n) is 16.7. The molecule has 0 spiro atoms. The molecule has 1 saturated heterocycles. The molecule has 1 heterocycles. The van der Waals surface area contributed by atoms with Crippen molar-refractivity contribution in [1.29, 1.82) is 0 Å². The van der Waals surface area contributed by atoms with Crippen LogP contribution in [0.15, 0.2) is 59.5 Å². The summed E-state index contributed by atoms with van der Waals surface area (Å²) < 4.78 is 32.1. The van der Waals surface area contributed by atoms with Gasteiger partial charge in [-0.2, -0.15) is 4.31 Å². The second kappa shape index (κ2) is 9.73. The lowest BCUT2D eigenvalue weighted by molar-refractivity contribution is -0.128. The van der Waals surface area contributed by atoms with E-state index in [9.17, 15) is 18.0 Å². The molecule has 3 rings (SSSR count).